The second kappa shape index (κ2) is 9.79. The maximum absolute atomic E-state index is 12.6. The van der Waals surface area contributed by atoms with Crippen LogP contribution in [0.1, 0.15) is 27.8 Å². The number of H-pyrrole nitrogens is 1. The number of aromatic carboxylic acids is 1. The number of carboxylic acid groups (broad SMARTS) is 1. The molecule has 0 radical (unpaired) electrons. The van der Waals surface area contributed by atoms with Crippen LogP contribution >= 0.6 is 11.3 Å². The fourth-order valence-corrected chi connectivity index (χ4v) is 4.59. The van der Waals surface area contributed by atoms with Crippen molar-refractivity contribution in [1.82, 2.24) is 14.9 Å². The standard InChI is InChI=1S/C23H19N3O4S.Na.H/c1-13-16-5-3-4-6-18(16)31-19(13)12-26(2)20(27)8-7-14-9-15-10-17(23(29)30)22(28)25-21(15)24-11-14;;/h3-11H,12H2,1-2H3,(H,29,30)(H,24,25,28);;/q;+1;-1. The zero-order valence-electron chi connectivity index (χ0n) is 18.9. The Morgan fingerprint density at radius 3 is 2.75 bits per heavy atom. The summed E-state index contributed by atoms with van der Waals surface area (Å²) < 4.78 is 1.20. The molecule has 0 fully saturated rings. The topological polar surface area (TPSA) is 103 Å². The molecule has 3 aromatic heterocycles. The zero-order valence-corrected chi connectivity index (χ0v) is 20.7. The number of nitrogens with one attached hydrogen (secondary N) is 1. The van der Waals surface area contributed by atoms with Crippen LogP contribution in [-0.2, 0) is 11.3 Å². The van der Waals surface area contributed by atoms with E-state index in [9.17, 15) is 14.4 Å². The largest absolute Gasteiger partial charge is 1.00 e. The number of nitrogens with zero attached hydrogens (tertiary/aromatic N) is 2. The predicted octanol–water partition coefficient (Wildman–Crippen LogP) is 0.933. The second-order valence-electron chi connectivity index (χ2n) is 7.20. The van der Waals surface area contributed by atoms with Crippen LogP contribution in [0.15, 0.2) is 53.5 Å². The monoisotopic (exact) mass is 457 g/mol. The van der Waals surface area contributed by atoms with E-state index >= 15 is 0 Å². The number of rotatable bonds is 5. The SMILES string of the molecule is Cc1c(CN(C)C(=O)C=Cc2cnc3[nH]c(=O)c(C(=O)O)cc3c2)sc2ccccc12.[H-].[Na+]. The van der Waals surface area contributed by atoms with E-state index in [4.69, 9.17) is 5.11 Å². The molecule has 1 aromatic carbocycles. The maximum atomic E-state index is 12.6. The number of carbonyl (C=O) groups excluding carboxylic acids is 1. The second-order valence-corrected chi connectivity index (χ2v) is 8.33. The van der Waals surface area contributed by atoms with Gasteiger partial charge in [0.25, 0.3) is 5.56 Å². The van der Waals surface area contributed by atoms with Crippen molar-refractivity contribution < 1.29 is 45.7 Å². The fourth-order valence-electron chi connectivity index (χ4n) is 3.32. The number of benzene rings is 1. The third kappa shape index (κ3) is 4.83. The quantitative estimate of drug-likeness (QED) is 0.343. The smallest absolute Gasteiger partial charge is 1.00 e. The average Bonchev–Trinajstić information content (AvgIpc) is 3.06. The minimum Gasteiger partial charge on any atom is -1.00 e. The number of hydrogen-bond acceptors (Lipinski definition) is 5. The molecule has 0 unspecified atom stereocenters. The van der Waals surface area contributed by atoms with Crippen LogP contribution in [0.25, 0.3) is 27.2 Å². The first-order valence-corrected chi connectivity index (χ1v) is 10.3. The molecule has 2 N–H and O–H groups in total. The van der Waals surface area contributed by atoms with Crippen LogP contribution < -0.4 is 35.1 Å². The number of thiophene rings is 1. The number of likely N-dealkylation sites (N-methyl/N-ethyl adjacent to an activating group) is 1. The van der Waals surface area contributed by atoms with Gasteiger partial charge in [-0.2, -0.15) is 0 Å². The molecule has 0 saturated carbocycles. The first kappa shape index (κ1) is 23.9. The summed E-state index contributed by atoms with van der Waals surface area (Å²) in [7, 11) is 1.75. The van der Waals surface area contributed by atoms with Gasteiger partial charge in [0.15, 0.2) is 0 Å². The van der Waals surface area contributed by atoms with Gasteiger partial charge in [-0.15, -0.1) is 11.3 Å². The number of fused-ring (bicyclic) bond motifs is 2. The first-order valence-electron chi connectivity index (χ1n) is 9.50. The van der Waals surface area contributed by atoms with Crippen LogP contribution in [0.2, 0.25) is 0 Å². The van der Waals surface area contributed by atoms with Crippen molar-refractivity contribution in [1.29, 1.82) is 0 Å². The van der Waals surface area contributed by atoms with E-state index in [1.807, 2.05) is 12.1 Å². The van der Waals surface area contributed by atoms with Crippen molar-refractivity contribution in [2.75, 3.05) is 7.05 Å². The summed E-state index contributed by atoms with van der Waals surface area (Å²) in [6.07, 6.45) is 4.59. The van der Waals surface area contributed by atoms with Gasteiger partial charge in [0.2, 0.25) is 5.91 Å². The van der Waals surface area contributed by atoms with E-state index < -0.39 is 11.5 Å². The molecule has 0 aliphatic carbocycles. The van der Waals surface area contributed by atoms with Gasteiger partial charge in [0, 0.05) is 34.3 Å². The summed E-state index contributed by atoms with van der Waals surface area (Å²) in [6.45, 7) is 2.58. The van der Waals surface area contributed by atoms with Crippen LogP contribution in [0, 0.1) is 6.92 Å². The molecule has 1 amide bonds. The number of pyridine rings is 2. The molecule has 3 heterocycles. The van der Waals surface area contributed by atoms with Crippen molar-refractivity contribution in [3.63, 3.8) is 0 Å². The van der Waals surface area contributed by atoms with Crippen LogP contribution in [0.3, 0.4) is 0 Å². The van der Waals surface area contributed by atoms with Crippen molar-refractivity contribution >= 4 is 50.4 Å². The number of carbonyl (C=O) groups is 2. The Hall–Kier alpha value is -2.78. The van der Waals surface area contributed by atoms with E-state index in [2.05, 4.69) is 29.0 Å². The number of hydrogen-bond donors (Lipinski definition) is 2. The molecule has 0 saturated heterocycles. The molecular formula is C23H20N3NaO4S. The van der Waals surface area contributed by atoms with Crippen molar-refractivity contribution in [3.05, 3.63) is 80.6 Å². The molecule has 4 rings (SSSR count). The number of carboxylic acids is 1. The Labute approximate surface area is 211 Å². The fraction of sp³-hybridized carbons (Fsp3) is 0.130. The van der Waals surface area contributed by atoms with Gasteiger partial charge < -0.3 is 16.4 Å². The van der Waals surface area contributed by atoms with Crippen LogP contribution in [0.5, 0.6) is 0 Å². The van der Waals surface area contributed by atoms with E-state index in [-0.39, 0.29) is 48.1 Å². The number of aromatic nitrogens is 2. The molecule has 0 aliphatic rings. The Balaban J connectivity index is 0.00000193. The van der Waals surface area contributed by atoms with Gasteiger partial charge in [0.1, 0.15) is 11.2 Å². The Kier molecular flexibility index (Phi) is 7.30. The van der Waals surface area contributed by atoms with Gasteiger partial charge >= 0.3 is 35.5 Å². The van der Waals surface area contributed by atoms with Gasteiger partial charge in [0.05, 0.1) is 6.54 Å². The molecule has 32 heavy (non-hydrogen) atoms. The summed E-state index contributed by atoms with van der Waals surface area (Å²) in [5.41, 5.74) is 1.03. The molecule has 0 atom stereocenters. The molecule has 9 heteroatoms. The summed E-state index contributed by atoms with van der Waals surface area (Å²) >= 11 is 1.69. The molecule has 0 aliphatic heterocycles. The van der Waals surface area contributed by atoms with Crippen LogP contribution in [0.4, 0.5) is 0 Å². The summed E-state index contributed by atoms with van der Waals surface area (Å²) in [4.78, 5) is 44.9. The third-order valence-electron chi connectivity index (χ3n) is 5.06. The van der Waals surface area contributed by atoms with E-state index in [0.717, 1.165) is 4.88 Å². The predicted molar refractivity (Wildman–Crippen MR) is 123 cm³/mol. The van der Waals surface area contributed by atoms with Crippen molar-refractivity contribution in [3.8, 4) is 0 Å². The minimum absolute atomic E-state index is 0. The normalized spacial score (nSPS) is 11.1. The van der Waals surface area contributed by atoms with Gasteiger partial charge in [-0.1, -0.05) is 18.2 Å². The Bertz CT molecular complexity index is 1430. The molecule has 4 aromatic rings. The van der Waals surface area contributed by atoms with E-state index in [0.29, 0.717) is 17.5 Å². The van der Waals surface area contributed by atoms with Crippen molar-refractivity contribution in [2.45, 2.75) is 13.5 Å². The van der Waals surface area contributed by atoms with Gasteiger partial charge in [-0.05, 0) is 47.7 Å². The molecule has 158 valence electrons. The van der Waals surface area contributed by atoms with Crippen LogP contribution in [-0.4, -0.2) is 38.9 Å². The van der Waals surface area contributed by atoms with Gasteiger partial charge in [-0.3, -0.25) is 9.59 Å². The summed E-state index contributed by atoms with van der Waals surface area (Å²) in [6, 6.07) is 11.1. The Morgan fingerprint density at radius 2 is 2.03 bits per heavy atom. The molecule has 7 nitrogen and oxygen atoms in total. The summed E-state index contributed by atoms with van der Waals surface area (Å²) in [5, 5.41) is 10.8. The zero-order chi connectivity index (χ0) is 22.1. The minimum atomic E-state index is -1.31. The summed E-state index contributed by atoms with van der Waals surface area (Å²) in [5.74, 6) is -1.47. The molecular weight excluding hydrogens is 437 g/mol. The van der Waals surface area contributed by atoms with Gasteiger partial charge in [-0.25, -0.2) is 9.78 Å². The maximum Gasteiger partial charge on any atom is 1.00 e. The number of aryl methyl sites for hydroxylation is 1. The van der Waals surface area contributed by atoms with E-state index in [1.54, 1.807) is 35.4 Å². The van der Waals surface area contributed by atoms with E-state index in [1.165, 1.54) is 34.0 Å². The number of aromatic amines is 1. The van der Waals surface area contributed by atoms with Crippen molar-refractivity contribution in [2.24, 2.45) is 0 Å². The first-order chi connectivity index (χ1) is 14.8. The number of amides is 1. The Morgan fingerprint density at radius 1 is 1.28 bits per heavy atom. The average molecular weight is 457 g/mol. The third-order valence-corrected chi connectivity index (χ3v) is 6.32. The molecule has 0 bridgehead atoms. The molecule has 0 spiro atoms.